The fraction of sp³-hybridized carbons (Fsp3) is 0.929. The van der Waals surface area contributed by atoms with E-state index in [-0.39, 0.29) is 5.91 Å². The van der Waals surface area contributed by atoms with Gasteiger partial charge in [0.05, 0.1) is 0 Å². The van der Waals surface area contributed by atoms with Crippen molar-refractivity contribution in [1.82, 2.24) is 15.1 Å². The highest BCUT2D eigenvalue weighted by molar-refractivity contribution is 5.73. The van der Waals surface area contributed by atoms with Gasteiger partial charge in [0.15, 0.2) is 0 Å². The average Bonchev–Trinajstić information content (AvgIpc) is 2.90. The molecular weight excluding hydrogens is 226 g/mol. The van der Waals surface area contributed by atoms with Gasteiger partial charge in [-0.25, -0.2) is 0 Å². The predicted molar refractivity (Wildman–Crippen MR) is 71.3 cm³/mol. The van der Waals surface area contributed by atoms with Crippen LogP contribution in [0.1, 0.15) is 19.8 Å². The van der Waals surface area contributed by atoms with Crippen LogP contribution in [0.15, 0.2) is 0 Å². The number of piperidine rings is 1. The summed E-state index contributed by atoms with van der Waals surface area (Å²) in [7, 11) is 0. The second kappa shape index (κ2) is 5.17. The fourth-order valence-electron chi connectivity index (χ4n) is 3.90. The molecule has 102 valence electrons. The Morgan fingerprint density at radius 3 is 2.33 bits per heavy atom. The Hall–Kier alpha value is -0.610. The summed E-state index contributed by atoms with van der Waals surface area (Å²) in [6, 6.07) is 0. The Kier molecular flexibility index (Phi) is 3.57. The minimum Gasteiger partial charge on any atom is -0.343 e. The van der Waals surface area contributed by atoms with Crippen LogP contribution in [0.3, 0.4) is 0 Å². The molecule has 0 aromatic heterocycles. The number of rotatable bonds is 2. The Balaban J connectivity index is 1.43. The zero-order valence-corrected chi connectivity index (χ0v) is 11.4. The maximum atomic E-state index is 11.3. The molecule has 3 aliphatic heterocycles. The molecule has 0 aromatic rings. The van der Waals surface area contributed by atoms with Gasteiger partial charge in [0.25, 0.3) is 0 Å². The molecule has 3 saturated heterocycles. The number of carbonyl (C=O) groups excluding carboxylic acids is 1. The summed E-state index contributed by atoms with van der Waals surface area (Å²) < 4.78 is 0. The van der Waals surface area contributed by atoms with Gasteiger partial charge < -0.3 is 15.1 Å². The van der Waals surface area contributed by atoms with Crippen molar-refractivity contribution >= 4 is 5.91 Å². The highest BCUT2D eigenvalue weighted by atomic mass is 16.2. The number of nitrogens with zero attached hydrogens (tertiary/aromatic N) is 2. The molecule has 3 heterocycles. The third-order valence-corrected chi connectivity index (χ3v) is 5.04. The van der Waals surface area contributed by atoms with E-state index in [0.29, 0.717) is 0 Å². The summed E-state index contributed by atoms with van der Waals surface area (Å²) in [5, 5.41) is 3.50. The Labute approximate surface area is 110 Å². The van der Waals surface area contributed by atoms with Crippen molar-refractivity contribution in [3.8, 4) is 0 Å². The van der Waals surface area contributed by atoms with Gasteiger partial charge in [-0.3, -0.25) is 4.79 Å². The molecule has 0 aromatic carbocycles. The second-order valence-corrected chi connectivity index (χ2v) is 6.35. The molecule has 4 heteroatoms. The van der Waals surface area contributed by atoms with Crippen LogP contribution in [0, 0.1) is 17.8 Å². The number of hydrogen-bond donors (Lipinski definition) is 1. The topological polar surface area (TPSA) is 35.6 Å². The van der Waals surface area contributed by atoms with Crippen molar-refractivity contribution < 1.29 is 4.79 Å². The quantitative estimate of drug-likeness (QED) is 0.771. The Morgan fingerprint density at radius 2 is 1.78 bits per heavy atom. The zero-order valence-electron chi connectivity index (χ0n) is 11.4. The van der Waals surface area contributed by atoms with E-state index in [1.54, 1.807) is 6.92 Å². The molecule has 18 heavy (non-hydrogen) atoms. The lowest BCUT2D eigenvalue weighted by molar-refractivity contribution is -0.130. The van der Waals surface area contributed by atoms with Crippen LogP contribution in [0.4, 0.5) is 0 Å². The molecule has 3 rings (SSSR count). The predicted octanol–water partition coefficient (Wildman–Crippen LogP) is 0.396. The molecule has 1 amide bonds. The van der Waals surface area contributed by atoms with Crippen molar-refractivity contribution in [2.45, 2.75) is 19.8 Å². The molecule has 3 aliphatic rings. The summed E-state index contributed by atoms with van der Waals surface area (Å²) in [6.45, 7) is 9.95. The smallest absolute Gasteiger partial charge is 0.219 e. The first-order valence-electron chi connectivity index (χ1n) is 7.41. The molecule has 2 atom stereocenters. The molecular formula is C14H25N3O. The molecule has 3 fully saturated rings. The number of fused-ring (bicyclic) bond motifs is 1. The summed E-state index contributed by atoms with van der Waals surface area (Å²) >= 11 is 0. The highest BCUT2D eigenvalue weighted by Crippen LogP contribution is 2.28. The third-order valence-electron chi connectivity index (χ3n) is 5.04. The number of hydrogen-bond acceptors (Lipinski definition) is 3. The van der Waals surface area contributed by atoms with Crippen molar-refractivity contribution in [3.05, 3.63) is 0 Å². The van der Waals surface area contributed by atoms with Crippen molar-refractivity contribution in [3.63, 3.8) is 0 Å². The lowest BCUT2D eigenvalue weighted by Crippen LogP contribution is -2.40. The molecule has 0 aliphatic carbocycles. The number of carbonyl (C=O) groups is 1. The summed E-state index contributed by atoms with van der Waals surface area (Å²) in [6.07, 6.45) is 2.40. The minimum atomic E-state index is 0.246. The van der Waals surface area contributed by atoms with Gasteiger partial charge >= 0.3 is 0 Å². The van der Waals surface area contributed by atoms with Gasteiger partial charge in [-0.05, 0) is 43.7 Å². The number of likely N-dealkylation sites (tertiary alicyclic amines) is 2. The zero-order chi connectivity index (χ0) is 12.5. The molecule has 0 unspecified atom stereocenters. The first-order valence-corrected chi connectivity index (χ1v) is 7.41. The van der Waals surface area contributed by atoms with E-state index >= 15 is 0 Å². The number of amides is 1. The summed E-state index contributed by atoms with van der Waals surface area (Å²) in [5.41, 5.74) is 0. The Bertz CT molecular complexity index is 300. The average molecular weight is 251 g/mol. The highest BCUT2D eigenvalue weighted by Gasteiger charge is 2.36. The van der Waals surface area contributed by atoms with Gasteiger partial charge in [-0.15, -0.1) is 0 Å². The van der Waals surface area contributed by atoms with Gasteiger partial charge in [0, 0.05) is 39.6 Å². The first-order chi connectivity index (χ1) is 8.72. The molecule has 0 spiro atoms. The van der Waals surface area contributed by atoms with Crippen LogP contribution in [0.25, 0.3) is 0 Å². The first kappa shape index (κ1) is 12.4. The van der Waals surface area contributed by atoms with Gasteiger partial charge in [0.1, 0.15) is 0 Å². The molecule has 4 nitrogen and oxygen atoms in total. The molecule has 0 bridgehead atoms. The summed E-state index contributed by atoms with van der Waals surface area (Å²) in [4.78, 5) is 16.0. The normalized spacial score (nSPS) is 33.9. The maximum absolute atomic E-state index is 11.3. The van der Waals surface area contributed by atoms with Crippen LogP contribution in [-0.4, -0.2) is 61.5 Å². The maximum Gasteiger partial charge on any atom is 0.219 e. The van der Waals surface area contributed by atoms with E-state index in [0.717, 1.165) is 30.8 Å². The van der Waals surface area contributed by atoms with Gasteiger partial charge in [0.2, 0.25) is 5.91 Å². The monoisotopic (exact) mass is 251 g/mol. The van der Waals surface area contributed by atoms with E-state index < -0.39 is 0 Å². The van der Waals surface area contributed by atoms with Crippen LogP contribution in [0.2, 0.25) is 0 Å². The van der Waals surface area contributed by atoms with Crippen LogP contribution in [0.5, 0.6) is 0 Å². The van der Waals surface area contributed by atoms with Gasteiger partial charge in [-0.2, -0.15) is 0 Å². The Morgan fingerprint density at radius 1 is 1.17 bits per heavy atom. The van der Waals surface area contributed by atoms with Gasteiger partial charge in [-0.1, -0.05) is 0 Å². The second-order valence-electron chi connectivity index (χ2n) is 6.35. The van der Waals surface area contributed by atoms with Crippen molar-refractivity contribution in [1.29, 1.82) is 0 Å². The van der Waals surface area contributed by atoms with E-state index in [1.807, 2.05) is 4.90 Å². The van der Waals surface area contributed by atoms with Crippen LogP contribution >= 0.6 is 0 Å². The molecule has 0 saturated carbocycles. The fourth-order valence-corrected chi connectivity index (χ4v) is 3.90. The van der Waals surface area contributed by atoms with Crippen molar-refractivity contribution in [2.24, 2.45) is 17.8 Å². The minimum absolute atomic E-state index is 0.246. The van der Waals surface area contributed by atoms with Crippen LogP contribution < -0.4 is 5.32 Å². The van der Waals surface area contributed by atoms with Crippen molar-refractivity contribution in [2.75, 3.05) is 45.8 Å². The summed E-state index contributed by atoms with van der Waals surface area (Å²) in [5.74, 6) is 2.87. The standard InChI is InChI=1S/C14H25N3O/c1-11(18)17-4-2-12(3-5-17)8-16-9-13-6-15-7-14(13)10-16/h12-15H,2-10H2,1H3/t13-,14+. The molecule has 0 radical (unpaired) electrons. The lowest BCUT2D eigenvalue weighted by atomic mass is 9.96. The largest absolute Gasteiger partial charge is 0.343 e. The van der Waals surface area contributed by atoms with E-state index in [2.05, 4.69) is 10.2 Å². The number of nitrogens with one attached hydrogen (secondary N) is 1. The van der Waals surface area contributed by atoms with E-state index in [1.165, 1.54) is 45.6 Å². The van der Waals surface area contributed by atoms with E-state index in [9.17, 15) is 4.79 Å². The third kappa shape index (κ3) is 2.54. The van der Waals surface area contributed by atoms with Crippen LogP contribution in [-0.2, 0) is 4.79 Å². The van der Waals surface area contributed by atoms with E-state index in [4.69, 9.17) is 0 Å². The molecule has 1 N–H and O–H groups in total. The SMILES string of the molecule is CC(=O)N1CCC(CN2C[C@H]3CNC[C@H]3C2)CC1. The lowest BCUT2D eigenvalue weighted by Gasteiger charge is -2.33.